The van der Waals surface area contributed by atoms with Gasteiger partial charge in [0.2, 0.25) is 0 Å². The molecule has 3 heteroatoms. The van der Waals surface area contributed by atoms with Crippen LogP contribution in [0.3, 0.4) is 0 Å². The molecule has 0 aromatic heterocycles. The molecule has 1 aliphatic rings. The van der Waals surface area contributed by atoms with E-state index in [2.05, 4.69) is 37.1 Å². The molecule has 0 amide bonds. The first-order valence-electron chi connectivity index (χ1n) is 8.31. The molecular formula is C18H40N2O. The molecule has 1 atom stereocenters. The third-order valence-electron chi connectivity index (χ3n) is 3.38. The lowest BCUT2D eigenvalue weighted by atomic mass is 10.1. The van der Waals surface area contributed by atoms with Gasteiger partial charge in [0.15, 0.2) is 0 Å². The van der Waals surface area contributed by atoms with Gasteiger partial charge in [-0.2, -0.15) is 0 Å². The molecule has 1 unspecified atom stereocenters. The molecule has 1 aliphatic heterocycles. The Morgan fingerprint density at radius 1 is 1.38 bits per heavy atom. The van der Waals surface area contributed by atoms with Crippen LogP contribution in [0.2, 0.25) is 0 Å². The molecule has 1 N–H and O–H groups in total. The van der Waals surface area contributed by atoms with Gasteiger partial charge in [-0.05, 0) is 37.2 Å². The maximum Gasteiger partial charge on any atom is 0.0971 e. The van der Waals surface area contributed by atoms with Gasteiger partial charge in [0.05, 0.1) is 5.82 Å². The quantitative estimate of drug-likeness (QED) is 0.668. The second kappa shape index (κ2) is 14.2. The fraction of sp³-hybridized carbons (Fsp3) is 0.889. The third kappa shape index (κ3) is 10.6. The van der Waals surface area contributed by atoms with Gasteiger partial charge in [0.25, 0.3) is 0 Å². The third-order valence-corrected chi connectivity index (χ3v) is 3.38. The van der Waals surface area contributed by atoms with Crippen LogP contribution >= 0.6 is 0 Å². The highest BCUT2D eigenvalue weighted by atomic mass is 16.5. The van der Waals surface area contributed by atoms with Gasteiger partial charge < -0.3 is 15.0 Å². The Morgan fingerprint density at radius 3 is 2.52 bits per heavy atom. The number of methoxy groups -OCH3 is 1. The van der Waals surface area contributed by atoms with Gasteiger partial charge in [0, 0.05) is 33.4 Å². The van der Waals surface area contributed by atoms with E-state index < -0.39 is 0 Å². The molecule has 0 saturated carbocycles. The Labute approximate surface area is 134 Å². The SMILES string of the molecule is C.CC.COCCCN/C(=C\CC(C)C)N1CCC(C)C1. The van der Waals surface area contributed by atoms with Crippen LogP contribution in [0.25, 0.3) is 0 Å². The fourth-order valence-corrected chi connectivity index (χ4v) is 2.25. The Kier molecular flexibility index (Phi) is 15.3. The van der Waals surface area contributed by atoms with Crippen molar-refractivity contribution in [3.8, 4) is 0 Å². The smallest absolute Gasteiger partial charge is 0.0971 e. The molecule has 21 heavy (non-hydrogen) atoms. The van der Waals surface area contributed by atoms with E-state index in [-0.39, 0.29) is 7.43 Å². The van der Waals surface area contributed by atoms with Crippen molar-refractivity contribution < 1.29 is 4.74 Å². The zero-order valence-electron chi connectivity index (χ0n) is 14.5. The van der Waals surface area contributed by atoms with E-state index in [1.165, 1.54) is 25.3 Å². The minimum atomic E-state index is 0. The monoisotopic (exact) mass is 300 g/mol. The molecule has 0 spiro atoms. The van der Waals surface area contributed by atoms with Crippen LogP contribution in [-0.4, -0.2) is 38.3 Å². The van der Waals surface area contributed by atoms with Crippen molar-refractivity contribution in [3.05, 3.63) is 11.9 Å². The lowest BCUT2D eigenvalue weighted by Gasteiger charge is -2.24. The summed E-state index contributed by atoms with van der Waals surface area (Å²) in [5.41, 5.74) is 0. The summed E-state index contributed by atoms with van der Waals surface area (Å²) in [7, 11) is 1.76. The van der Waals surface area contributed by atoms with Gasteiger partial charge in [0.1, 0.15) is 0 Å². The Morgan fingerprint density at radius 2 is 2.05 bits per heavy atom. The summed E-state index contributed by atoms with van der Waals surface area (Å²) in [6.07, 6.45) is 5.91. The first-order chi connectivity index (χ1) is 9.63. The lowest BCUT2D eigenvalue weighted by Crippen LogP contribution is -2.31. The number of hydrogen-bond acceptors (Lipinski definition) is 3. The van der Waals surface area contributed by atoms with E-state index in [0.717, 1.165) is 37.8 Å². The van der Waals surface area contributed by atoms with Gasteiger partial charge in [-0.3, -0.25) is 0 Å². The summed E-state index contributed by atoms with van der Waals surface area (Å²) in [5.74, 6) is 2.89. The van der Waals surface area contributed by atoms with Crippen LogP contribution in [0.1, 0.15) is 61.3 Å². The summed E-state index contributed by atoms with van der Waals surface area (Å²) in [6.45, 7) is 15.1. The predicted molar refractivity (Wildman–Crippen MR) is 95.5 cm³/mol. The van der Waals surface area contributed by atoms with Crippen LogP contribution in [0.15, 0.2) is 11.9 Å². The summed E-state index contributed by atoms with van der Waals surface area (Å²) < 4.78 is 5.09. The average Bonchev–Trinajstić information content (AvgIpc) is 2.86. The molecule has 0 bridgehead atoms. The van der Waals surface area contributed by atoms with Gasteiger partial charge >= 0.3 is 0 Å². The van der Waals surface area contributed by atoms with Crippen LogP contribution < -0.4 is 5.32 Å². The molecule has 0 aliphatic carbocycles. The average molecular weight is 301 g/mol. The van der Waals surface area contributed by atoms with Crippen LogP contribution in [0.5, 0.6) is 0 Å². The van der Waals surface area contributed by atoms with E-state index in [1.807, 2.05) is 13.8 Å². The zero-order valence-corrected chi connectivity index (χ0v) is 14.5. The normalized spacial score (nSPS) is 18.1. The summed E-state index contributed by atoms with van der Waals surface area (Å²) in [6, 6.07) is 0. The van der Waals surface area contributed by atoms with Crippen LogP contribution in [-0.2, 0) is 4.74 Å². The van der Waals surface area contributed by atoms with E-state index in [9.17, 15) is 0 Å². The number of ether oxygens (including phenoxy) is 1. The molecule has 1 saturated heterocycles. The lowest BCUT2D eigenvalue weighted by molar-refractivity contribution is 0.194. The van der Waals surface area contributed by atoms with E-state index in [0.29, 0.717) is 0 Å². The second-order valence-electron chi connectivity index (χ2n) is 5.83. The molecule has 1 heterocycles. The van der Waals surface area contributed by atoms with Crippen molar-refractivity contribution in [2.24, 2.45) is 11.8 Å². The predicted octanol–water partition coefficient (Wildman–Crippen LogP) is 4.50. The maximum atomic E-state index is 5.09. The number of hydrogen-bond donors (Lipinski definition) is 1. The molecule has 1 fully saturated rings. The van der Waals surface area contributed by atoms with Crippen LogP contribution in [0, 0.1) is 11.8 Å². The highest BCUT2D eigenvalue weighted by Crippen LogP contribution is 2.19. The topological polar surface area (TPSA) is 24.5 Å². The highest BCUT2D eigenvalue weighted by molar-refractivity contribution is 5.02. The Balaban J connectivity index is 0. The number of nitrogens with one attached hydrogen (secondary N) is 1. The minimum absolute atomic E-state index is 0. The maximum absolute atomic E-state index is 5.09. The Hall–Kier alpha value is -0.700. The van der Waals surface area contributed by atoms with Crippen molar-refractivity contribution in [1.82, 2.24) is 10.2 Å². The van der Waals surface area contributed by atoms with Crippen LogP contribution in [0.4, 0.5) is 0 Å². The van der Waals surface area contributed by atoms with Crippen molar-refractivity contribution >= 4 is 0 Å². The summed E-state index contributed by atoms with van der Waals surface area (Å²) >= 11 is 0. The number of allylic oxidation sites excluding steroid dienone is 1. The number of rotatable bonds is 8. The molecule has 1 rings (SSSR count). The molecular weight excluding hydrogens is 260 g/mol. The summed E-state index contributed by atoms with van der Waals surface area (Å²) in [5, 5.41) is 3.58. The first kappa shape index (κ1) is 22.6. The van der Waals surface area contributed by atoms with Gasteiger partial charge in [-0.15, -0.1) is 0 Å². The largest absolute Gasteiger partial charge is 0.385 e. The van der Waals surface area contributed by atoms with Crippen molar-refractivity contribution in [2.75, 3.05) is 33.4 Å². The molecule has 0 aromatic carbocycles. The summed E-state index contributed by atoms with van der Waals surface area (Å²) in [4.78, 5) is 2.50. The minimum Gasteiger partial charge on any atom is -0.385 e. The number of nitrogens with zero attached hydrogens (tertiary/aromatic N) is 1. The zero-order chi connectivity index (χ0) is 15.4. The molecule has 0 aromatic rings. The van der Waals surface area contributed by atoms with Crippen molar-refractivity contribution in [1.29, 1.82) is 0 Å². The Bertz CT molecular complexity index is 252. The van der Waals surface area contributed by atoms with Gasteiger partial charge in [-0.1, -0.05) is 42.0 Å². The van der Waals surface area contributed by atoms with Crippen molar-refractivity contribution in [2.45, 2.75) is 61.3 Å². The highest BCUT2D eigenvalue weighted by Gasteiger charge is 2.20. The molecule has 128 valence electrons. The second-order valence-corrected chi connectivity index (χ2v) is 5.83. The van der Waals surface area contributed by atoms with E-state index >= 15 is 0 Å². The van der Waals surface area contributed by atoms with E-state index in [1.54, 1.807) is 7.11 Å². The number of likely N-dealkylation sites (tertiary alicyclic amines) is 1. The van der Waals surface area contributed by atoms with Crippen molar-refractivity contribution in [3.63, 3.8) is 0 Å². The molecule has 0 radical (unpaired) electrons. The van der Waals surface area contributed by atoms with Gasteiger partial charge in [-0.25, -0.2) is 0 Å². The fourth-order valence-electron chi connectivity index (χ4n) is 2.25. The standard InChI is InChI=1S/C15H30N2O.C2H6.CH4/c1-13(2)6-7-15(16-9-5-11-18-4)17-10-8-14(3)12-17;1-2;/h7,13-14,16H,5-6,8-12H2,1-4H3;1-2H3;1H4/b15-7+;;. The molecule has 3 nitrogen and oxygen atoms in total. The first-order valence-corrected chi connectivity index (χ1v) is 8.31. The van der Waals surface area contributed by atoms with E-state index in [4.69, 9.17) is 4.74 Å².